The maximum Gasteiger partial charge on any atom is 0.362 e. The van der Waals surface area contributed by atoms with Gasteiger partial charge in [-0.3, -0.25) is 4.79 Å². The van der Waals surface area contributed by atoms with Gasteiger partial charge in [0.05, 0.1) is 23.4 Å². The molecule has 0 aliphatic heterocycles. The van der Waals surface area contributed by atoms with Gasteiger partial charge in [-0.15, -0.1) is 0 Å². The summed E-state index contributed by atoms with van der Waals surface area (Å²) in [5.74, 6) is -2.26. The number of rotatable bonds is 6. The molecule has 2 aromatic carbocycles. The van der Waals surface area contributed by atoms with Crippen molar-refractivity contribution in [2.75, 3.05) is 6.61 Å². The molecule has 0 N–H and O–H groups in total. The molecule has 1 aromatic heterocycles. The molecule has 162 valence electrons. The van der Waals surface area contributed by atoms with E-state index in [4.69, 9.17) is 32.1 Å². The molecule has 3 aromatic rings. The standard InChI is InChI=1S/C19H13Cl2FN2O6S/c1-2-29-19(26)18-15(30-31(27,28)16-9-11(20)3-8-14(16)21)10-17(25)24(23-18)13-6-4-12(22)5-7-13/h3-10H,2H2,1H3. The smallest absolute Gasteiger partial charge is 0.362 e. The van der Waals surface area contributed by atoms with Crippen LogP contribution in [0.4, 0.5) is 4.39 Å². The topological polar surface area (TPSA) is 105 Å². The Morgan fingerprint density at radius 1 is 1.13 bits per heavy atom. The summed E-state index contributed by atoms with van der Waals surface area (Å²) in [7, 11) is -4.60. The van der Waals surface area contributed by atoms with Crippen molar-refractivity contribution in [1.82, 2.24) is 9.78 Å². The number of ether oxygens (including phenoxy) is 1. The van der Waals surface area contributed by atoms with Crippen molar-refractivity contribution in [2.24, 2.45) is 0 Å². The first-order valence-electron chi connectivity index (χ1n) is 8.59. The Hall–Kier alpha value is -2.95. The Labute approximate surface area is 185 Å². The van der Waals surface area contributed by atoms with Crippen LogP contribution < -0.4 is 9.74 Å². The number of esters is 1. The van der Waals surface area contributed by atoms with E-state index in [9.17, 15) is 22.4 Å². The van der Waals surface area contributed by atoms with Gasteiger partial charge in [-0.05, 0) is 49.4 Å². The van der Waals surface area contributed by atoms with E-state index >= 15 is 0 Å². The monoisotopic (exact) mass is 486 g/mol. The van der Waals surface area contributed by atoms with Gasteiger partial charge in [-0.1, -0.05) is 23.2 Å². The average Bonchev–Trinajstić information content (AvgIpc) is 2.70. The molecule has 0 aliphatic carbocycles. The lowest BCUT2D eigenvalue weighted by molar-refractivity contribution is 0.0515. The number of carbonyl (C=O) groups excluding carboxylic acids is 1. The zero-order valence-corrected chi connectivity index (χ0v) is 18.0. The Kier molecular flexibility index (Phi) is 6.63. The summed E-state index contributed by atoms with van der Waals surface area (Å²) in [6.45, 7) is 1.47. The minimum absolute atomic E-state index is 0.0531. The summed E-state index contributed by atoms with van der Waals surface area (Å²) < 4.78 is 49.3. The van der Waals surface area contributed by atoms with Gasteiger partial charge in [0.2, 0.25) is 5.69 Å². The molecule has 3 rings (SSSR count). The predicted molar refractivity (Wildman–Crippen MR) is 110 cm³/mol. The molecule has 1 heterocycles. The molecule has 31 heavy (non-hydrogen) atoms. The first-order valence-corrected chi connectivity index (χ1v) is 10.8. The molecule has 0 atom stereocenters. The predicted octanol–water partition coefficient (Wildman–Crippen LogP) is 3.62. The van der Waals surface area contributed by atoms with Gasteiger partial charge >= 0.3 is 16.1 Å². The van der Waals surface area contributed by atoms with Crippen molar-refractivity contribution in [3.05, 3.63) is 80.4 Å². The molecular formula is C19H13Cl2FN2O6S. The van der Waals surface area contributed by atoms with E-state index in [0.717, 1.165) is 28.9 Å². The summed E-state index contributed by atoms with van der Waals surface area (Å²) in [5, 5.41) is 3.75. The van der Waals surface area contributed by atoms with Crippen LogP contribution in [0.25, 0.3) is 5.69 Å². The summed E-state index contributed by atoms with van der Waals surface area (Å²) in [4.78, 5) is 24.4. The maximum absolute atomic E-state index is 13.2. The van der Waals surface area contributed by atoms with Crippen molar-refractivity contribution in [2.45, 2.75) is 11.8 Å². The number of hydrogen-bond acceptors (Lipinski definition) is 7. The number of carbonyl (C=O) groups is 1. The highest BCUT2D eigenvalue weighted by Crippen LogP contribution is 2.28. The quantitative estimate of drug-likeness (QED) is 0.386. The Balaban J connectivity index is 2.14. The minimum Gasteiger partial charge on any atom is -0.461 e. The van der Waals surface area contributed by atoms with Crippen molar-refractivity contribution in [3.8, 4) is 11.4 Å². The number of benzene rings is 2. The number of nitrogens with zero attached hydrogens (tertiary/aromatic N) is 2. The van der Waals surface area contributed by atoms with Crippen LogP contribution in [-0.4, -0.2) is 30.8 Å². The fourth-order valence-electron chi connectivity index (χ4n) is 2.44. The number of hydrogen-bond donors (Lipinski definition) is 0. The maximum atomic E-state index is 13.2. The summed E-state index contributed by atoms with van der Waals surface area (Å²) in [5.41, 5.74) is -1.31. The molecule has 0 spiro atoms. The molecule has 0 unspecified atom stereocenters. The highest BCUT2D eigenvalue weighted by atomic mass is 35.5. The minimum atomic E-state index is -4.60. The molecule has 0 fully saturated rings. The SMILES string of the molecule is CCOC(=O)c1nn(-c2ccc(F)cc2)c(=O)cc1OS(=O)(=O)c1cc(Cl)ccc1Cl. The van der Waals surface area contributed by atoms with Gasteiger partial charge in [0, 0.05) is 5.02 Å². The number of halogens is 3. The van der Waals surface area contributed by atoms with Crippen LogP contribution in [-0.2, 0) is 14.9 Å². The first kappa shape index (κ1) is 22.7. The van der Waals surface area contributed by atoms with E-state index in [2.05, 4.69) is 5.10 Å². The molecule has 0 amide bonds. The van der Waals surface area contributed by atoms with Crippen LogP contribution in [0.2, 0.25) is 10.0 Å². The lowest BCUT2D eigenvalue weighted by Gasteiger charge is -2.13. The normalized spacial score (nSPS) is 11.2. The molecule has 12 heteroatoms. The highest BCUT2D eigenvalue weighted by molar-refractivity contribution is 7.87. The van der Waals surface area contributed by atoms with E-state index < -0.39 is 43.8 Å². The Bertz CT molecular complexity index is 1310. The third-order valence-corrected chi connectivity index (χ3v) is 5.75. The van der Waals surface area contributed by atoms with E-state index in [0.29, 0.717) is 0 Å². The molecule has 0 radical (unpaired) electrons. The van der Waals surface area contributed by atoms with Gasteiger partial charge in [-0.25, -0.2) is 9.18 Å². The fraction of sp³-hybridized carbons (Fsp3) is 0.105. The molecule has 0 bridgehead atoms. The van der Waals surface area contributed by atoms with Crippen LogP contribution >= 0.6 is 23.2 Å². The Morgan fingerprint density at radius 3 is 2.45 bits per heavy atom. The zero-order chi connectivity index (χ0) is 22.8. The lowest BCUT2D eigenvalue weighted by Crippen LogP contribution is -2.26. The first-order chi connectivity index (χ1) is 14.6. The van der Waals surface area contributed by atoms with E-state index in [1.807, 2.05) is 0 Å². The second-order valence-electron chi connectivity index (χ2n) is 5.92. The van der Waals surface area contributed by atoms with Gasteiger partial charge in [0.15, 0.2) is 5.75 Å². The van der Waals surface area contributed by atoms with E-state index in [-0.39, 0.29) is 22.3 Å². The average molecular weight is 487 g/mol. The molecule has 0 saturated carbocycles. The van der Waals surface area contributed by atoms with Crippen LogP contribution in [0, 0.1) is 5.82 Å². The largest absolute Gasteiger partial charge is 0.461 e. The second kappa shape index (κ2) is 9.04. The van der Waals surface area contributed by atoms with E-state index in [1.54, 1.807) is 0 Å². The van der Waals surface area contributed by atoms with Crippen molar-refractivity contribution in [1.29, 1.82) is 0 Å². The van der Waals surface area contributed by atoms with Gasteiger partial charge in [-0.2, -0.15) is 18.2 Å². The van der Waals surface area contributed by atoms with Crippen LogP contribution in [0.3, 0.4) is 0 Å². The van der Waals surface area contributed by atoms with Gasteiger partial charge in [0.25, 0.3) is 5.56 Å². The molecule has 0 saturated heterocycles. The van der Waals surface area contributed by atoms with Crippen LogP contribution in [0.1, 0.15) is 17.4 Å². The third kappa shape index (κ3) is 5.04. The summed E-state index contributed by atoms with van der Waals surface area (Å²) in [6, 6.07) is 9.10. The lowest BCUT2D eigenvalue weighted by atomic mass is 10.3. The molecular weight excluding hydrogens is 474 g/mol. The van der Waals surface area contributed by atoms with Gasteiger partial charge < -0.3 is 8.92 Å². The second-order valence-corrected chi connectivity index (χ2v) is 8.27. The fourth-order valence-corrected chi connectivity index (χ4v) is 4.11. The zero-order valence-electron chi connectivity index (χ0n) is 15.7. The number of aromatic nitrogens is 2. The van der Waals surface area contributed by atoms with E-state index in [1.165, 1.54) is 31.2 Å². The highest BCUT2D eigenvalue weighted by Gasteiger charge is 2.27. The molecule has 0 aliphatic rings. The molecule has 8 nitrogen and oxygen atoms in total. The van der Waals surface area contributed by atoms with Crippen molar-refractivity contribution >= 4 is 39.3 Å². The summed E-state index contributed by atoms with van der Waals surface area (Å²) >= 11 is 11.8. The van der Waals surface area contributed by atoms with Crippen molar-refractivity contribution in [3.63, 3.8) is 0 Å². The third-order valence-electron chi connectivity index (χ3n) is 3.80. The van der Waals surface area contributed by atoms with Crippen LogP contribution in [0.15, 0.2) is 58.2 Å². The van der Waals surface area contributed by atoms with Crippen molar-refractivity contribution < 1.29 is 26.5 Å². The van der Waals surface area contributed by atoms with Gasteiger partial charge in [0.1, 0.15) is 10.7 Å². The summed E-state index contributed by atoms with van der Waals surface area (Å²) in [6.07, 6.45) is 0. The Morgan fingerprint density at radius 2 is 1.81 bits per heavy atom. The van der Waals surface area contributed by atoms with Crippen LogP contribution in [0.5, 0.6) is 5.75 Å².